The molecule has 0 bridgehead atoms. The van der Waals surface area contributed by atoms with E-state index in [9.17, 15) is 14.4 Å². The predicted molar refractivity (Wildman–Crippen MR) is 77.0 cm³/mol. The Balaban J connectivity index is 2.71. The summed E-state index contributed by atoms with van der Waals surface area (Å²) in [7, 11) is 0. The third-order valence-electron chi connectivity index (χ3n) is 2.15. The van der Waals surface area contributed by atoms with Crippen LogP contribution in [0.15, 0.2) is 14.3 Å². The average Bonchev–Trinajstić information content (AvgIpc) is 2.64. The number of hydrogen-bond acceptors (Lipinski definition) is 4. The summed E-state index contributed by atoms with van der Waals surface area (Å²) in [6.07, 6.45) is -0.140. The van der Waals surface area contributed by atoms with Gasteiger partial charge in [-0.25, -0.2) is 4.79 Å². The third kappa shape index (κ3) is 4.92. The van der Waals surface area contributed by atoms with Gasteiger partial charge in [0.2, 0.25) is 5.91 Å². The van der Waals surface area contributed by atoms with Gasteiger partial charge < -0.3 is 16.2 Å². The summed E-state index contributed by atoms with van der Waals surface area (Å²) in [5.41, 5.74) is 4.95. The maximum Gasteiger partial charge on any atom is 0.326 e. The van der Waals surface area contributed by atoms with Gasteiger partial charge in [-0.05, 0) is 44.3 Å². The molecular weight excluding hydrogens is 404 g/mol. The highest BCUT2D eigenvalue weighted by Crippen LogP contribution is 2.32. The summed E-state index contributed by atoms with van der Waals surface area (Å²) in [4.78, 5) is 33.8. The molecule has 0 aromatic carbocycles. The molecule has 2 amide bonds. The quantitative estimate of drug-likeness (QED) is 0.659. The SMILES string of the molecule is NC(=O)CCC(NC(=O)c1cc(Br)c(Br)s1)C(=O)O. The molecule has 0 saturated carbocycles. The number of aliphatic carboxylic acids is 1. The van der Waals surface area contributed by atoms with Crippen LogP contribution in [0.1, 0.15) is 22.5 Å². The zero-order valence-electron chi connectivity index (χ0n) is 9.48. The molecule has 1 unspecified atom stereocenters. The average molecular weight is 414 g/mol. The molecular formula is C10H10Br2N2O4S. The Morgan fingerprint density at radius 1 is 1.42 bits per heavy atom. The number of carbonyl (C=O) groups is 3. The number of carboxylic acids is 1. The van der Waals surface area contributed by atoms with Crippen molar-refractivity contribution in [1.82, 2.24) is 5.32 Å². The van der Waals surface area contributed by atoms with Gasteiger partial charge >= 0.3 is 5.97 Å². The van der Waals surface area contributed by atoms with Crippen LogP contribution >= 0.6 is 43.2 Å². The van der Waals surface area contributed by atoms with Gasteiger partial charge in [-0.15, -0.1) is 11.3 Å². The first kappa shape index (κ1) is 16.1. The van der Waals surface area contributed by atoms with Gasteiger partial charge in [0.1, 0.15) is 6.04 Å². The van der Waals surface area contributed by atoms with E-state index in [4.69, 9.17) is 10.8 Å². The number of primary amides is 1. The summed E-state index contributed by atoms with van der Waals surface area (Å²) in [5.74, 6) is -2.32. The second-order valence-corrected chi connectivity index (χ2v) is 6.83. The van der Waals surface area contributed by atoms with Crippen LogP contribution in [0, 0.1) is 0 Å². The summed E-state index contributed by atoms with van der Waals surface area (Å²) in [6, 6.07) is 0.441. The number of carbonyl (C=O) groups excluding carboxylic acids is 2. The Kier molecular flexibility index (Phi) is 5.95. The minimum absolute atomic E-state index is 0.0376. The van der Waals surface area contributed by atoms with Crippen molar-refractivity contribution in [1.29, 1.82) is 0 Å². The van der Waals surface area contributed by atoms with Gasteiger partial charge in [0, 0.05) is 10.9 Å². The molecule has 0 radical (unpaired) electrons. The van der Waals surface area contributed by atoms with E-state index in [1.54, 1.807) is 6.07 Å². The molecule has 6 nitrogen and oxygen atoms in total. The smallest absolute Gasteiger partial charge is 0.326 e. The van der Waals surface area contributed by atoms with Gasteiger partial charge in [-0.3, -0.25) is 9.59 Å². The highest BCUT2D eigenvalue weighted by Gasteiger charge is 2.22. The lowest BCUT2D eigenvalue weighted by Crippen LogP contribution is -2.41. The van der Waals surface area contributed by atoms with Gasteiger partial charge in [0.05, 0.1) is 8.66 Å². The van der Waals surface area contributed by atoms with E-state index in [0.29, 0.717) is 9.35 Å². The van der Waals surface area contributed by atoms with Crippen LogP contribution in [0.5, 0.6) is 0 Å². The lowest BCUT2D eigenvalue weighted by Gasteiger charge is -2.12. The first-order valence-electron chi connectivity index (χ1n) is 5.08. The van der Waals surface area contributed by atoms with Crippen LogP contribution < -0.4 is 11.1 Å². The highest BCUT2D eigenvalue weighted by atomic mass is 79.9. The second kappa shape index (κ2) is 7.01. The van der Waals surface area contributed by atoms with Crippen molar-refractivity contribution in [2.45, 2.75) is 18.9 Å². The van der Waals surface area contributed by atoms with E-state index >= 15 is 0 Å². The van der Waals surface area contributed by atoms with Crippen molar-refractivity contribution < 1.29 is 19.5 Å². The largest absolute Gasteiger partial charge is 0.480 e. The van der Waals surface area contributed by atoms with Crippen LogP contribution in [0.25, 0.3) is 0 Å². The molecule has 0 aliphatic heterocycles. The zero-order valence-corrected chi connectivity index (χ0v) is 13.5. The molecule has 1 aromatic heterocycles. The Hall–Kier alpha value is -0.930. The minimum atomic E-state index is -1.20. The number of thiophene rings is 1. The van der Waals surface area contributed by atoms with Gasteiger partial charge in [0.25, 0.3) is 5.91 Å². The summed E-state index contributed by atoms with van der Waals surface area (Å²) < 4.78 is 1.45. The third-order valence-corrected chi connectivity index (χ3v) is 5.41. The van der Waals surface area contributed by atoms with Crippen molar-refractivity contribution in [3.63, 3.8) is 0 Å². The van der Waals surface area contributed by atoms with Crippen LogP contribution in [-0.2, 0) is 9.59 Å². The van der Waals surface area contributed by atoms with E-state index in [1.165, 1.54) is 11.3 Å². The first-order chi connectivity index (χ1) is 8.81. The lowest BCUT2D eigenvalue weighted by atomic mass is 10.1. The Labute approximate surface area is 129 Å². The molecule has 1 aromatic rings. The van der Waals surface area contributed by atoms with E-state index in [0.717, 1.165) is 3.79 Å². The fraction of sp³-hybridized carbons (Fsp3) is 0.300. The van der Waals surface area contributed by atoms with Gasteiger partial charge in [-0.1, -0.05) is 0 Å². The predicted octanol–water partition coefficient (Wildman–Crippen LogP) is 1.72. The van der Waals surface area contributed by atoms with Crippen LogP contribution in [0.2, 0.25) is 0 Å². The van der Waals surface area contributed by atoms with Crippen molar-refractivity contribution in [3.8, 4) is 0 Å². The zero-order chi connectivity index (χ0) is 14.6. The fourth-order valence-corrected chi connectivity index (χ4v) is 3.17. The molecule has 0 spiro atoms. The lowest BCUT2D eigenvalue weighted by molar-refractivity contribution is -0.139. The minimum Gasteiger partial charge on any atom is -0.480 e. The van der Waals surface area contributed by atoms with E-state index < -0.39 is 23.8 Å². The van der Waals surface area contributed by atoms with Crippen LogP contribution in [-0.4, -0.2) is 28.9 Å². The fourth-order valence-electron chi connectivity index (χ4n) is 1.23. The van der Waals surface area contributed by atoms with E-state index in [-0.39, 0.29) is 12.8 Å². The number of carboxylic acid groups (broad SMARTS) is 1. The molecule has 4 N–H and O–H groups in total. The molecule has 0 saturated heterocycles. The first-order valence-corrected chi connectivity index (χ1v) is 7.48. The molecule has 104 valence electrons. The Bertz CT molecular complexity index is 498. The molecule has 0 fully saturated rings. The number of amides is 2. The molecule has 1 rings (SSSR count). The number of nitrogens with one attached hydrogen (secondary N) is 1. The number of hydrogen-bond donors (Lipinski definition) is 3. The molecule has 9 heteroatoms. The second-order valence-electron chi connectivity index (χ2n) is 3.60. The van der Waals surface area contributed by atoms with Gasteiger partial charge in [-0.2, -0.15) is 0 Å². The number of halogens is 2. The van der Waals surface area contributed by atoms with E-state index in [2.05, 4.69) is 37.2 Å². The maximum atomic E-state index is 11.8. The van der Waals surface area contributed by atoms with Crippen molar-refractivity contribution in [2.75, 3.05) is 0 Å². The summed E-state index contributed by atoms with van der Waals surface area (Å²) in [6.45, 7) is 0. The molecule has 1 heterocycles. The molecule has 0 aliphatic rings. The number of nitrogens with two attached hydrogens (primary N) is 1. The molecule has 0 aliphatic carbocycles. The van der Waals surface area contributed by atoms with Crippen molar-refractivity contribution in [3.05, 3.63) is 19.2 Å². The van der Waals surface area contributed by atoms with Crippen molar-refractivity contribution in [2.24, 2.45) is 5.73 Å². The van der Waals surface area contributed by atoms with Crippen LogP contribution in [0.3, 0.4) is 0 Å². The molecule has 19 heavy (non-hydrogen) atoms. The maximum absolute atomic E-state index is 11.8. The molecule has 1 atom stereocenters. The Morgan fingerprint density at radius 2 is 2.05 bits per heavy atom. The highest BCUT2D eigenvalue weighted by molar-refractivity contribution is 9.13. The standard InChI is InChI=1S/C10H10Br2N2O4S/c11-4-3-6(19-8(4)12)9(16)14-5(10(17)18)1-2-7(13)15/h3,5H,1-2H2,(H2,13,15)(H,14,16)(H,17,18). The normalized spacial score (nSPS) is 11.9. The topological polar surface area (TPSA) is 109 Å². The number of rotatable bonds is 6. The summed E-state index contributed by atoms with van der Waals surface area (Å²) >= 11 is 7.65. The van der Waals surface area contributed by atoms with Crippen molar-refractivity contribution >= 4 is 61.0 Å². The van der Waals surface area contributed by atoms with Gasteiger partial charge in [0.15, 0.2) is 0 Å². The van der Waals surface area contributed by atoms with E-state index in [1.807, 2.05) is 0 Å². The van der Waals surface area contributed by atoms with Crippen LogP contribution in [0.4, 0.5) is 0 Å². The summed E-state index contributed by atoms with van der Waals surface area (Å²) in [5, 5.41) is 11.3. The Morgan fingerprint density at radius 3 is 2.47 bits per heavy atom. The monoisotopic (exact) mass is 412 g/mol.